The number of hydrogen-bond acceptors (Lipinski definition) is 4. The Hall–Kier alpha value is -1.94. The molecule has 0 bridgehead atoms. The Morgan fingerprint density at radius 1 is 1.19 bits per heavy atom. The van der Waals surface area contributed by atoms with Gasteiger partial charge in [-0.2, -0.15) is 0 Å². The van der Waals surface area contributed by atoms with Gasteiger partial charge >= 0.3 is 0 Å². The highest BCUT2D eigenvalue weighted by atomic mass is 15.1. The number of aromatic nitrogens is 2. The highest BCUT2D eigenvalue weighted by Gasteiger charge is 2.13. The molecule has 0 unspecified atom stereocenters. The summed E-state index contributed by atoms with van der Waals surface area (Å²) in [6, 6.07) is 6.80. The van der Waals surface area contributed by atoms with Gasteiger partial charge in [-0.25, -0.2) is 0 Å². The maximum atomic E-state index is 4.36. The van der Waals surface area contributed by atoms with Crippen molar-refractivity contribution in [1.82, 2.24) is 15.3 Å². The summed E-state index contributed by atoms with van der Waals surface area (Å²) < 4.78 is 0. The lowest BCUT2D eigenvalue weighted by molar-refractivity contribution is 0.673. The summed E-state index contributed by atoms with van der Waals surface area (Å²) in [5, 5.41) is 3.44. The minimum absolute atomic E-state index is 0.754. The van der Waals surface area contributed by atoms with Crippen molar-refractivity contribution in [3.8, 4) is 0 Å². The first-order valence-corrected chi connectivity index (χ1v) is 7.53. The summed E-state index contributed by atoms with van der Waals surface area (Å²) in [6.45, 7) is 4.74. The minimum atomic E-state index is 0.754. The molecule has 2 aromatic rings. The van der Waals surface area contributed by atoms with Gasteiger partial charge in [0.25, 0.3) is 0 Å². The van der Waals surface area contributed by atoms with Crippen molar-refractivity contribution in [2.75, 3.05) is 18.5 Å². The van der Waals surface area contributed by atoms with E-state index in [0.29, 0.717) is 0 Å². The predicted octanol–water partition coefficient (Wildman–Crippen LogP) is 2.46. The van der Waals surface area contributed by atoms with Gasteiger partial charge < -0.3 is 10.2 Å². The van der Waals surface area contributed by atoms with Crippen LogP contribution in [-0.2, 0) is 19.5 Å². The zero-order valence-electron chi connectivity index (χ0n) is 12.8. The van der Waals surface area contributed by atoms with Gasteiger partial charge in [0, 0.05) is 44.8 Å². The molecule has 4 heteroatoms. The summed E-state index contributed by atoms with van der Waals surface area (Å²) in [5.74, 6) is 0. The van der Waals surface area contributed by atoms with Crippen LogP contribution in [-0.4, -0.2) is 23.6 Å². The Bertz CT molecular complexity index is 607. The molecule has 1 aromatic carbocycles. The number of anilines is 1. The maximum absolute atomic E-state index is 4.36. The predicted molar refractivity (Wildman–Crippen MR) is 85.3 cm³/mol. The number of rotatable bonds is 4. The van der Waals surface area contributed by atoms with Crippen LogP contribution in [0.25, 0.3) is 0 Å². The van der Waals surface area contributed by atoms with E-state index in [1.54, 1.807) is 0 Å². The monoisotopic (exact) mass is 282 g/mol. The minimum Gasteiger partial charge on any atom is -0.374 e. The van der Waals surface area contributed by atoms with Crippen LogP contribution in [0, 0.1) is 6.92 Å². The molecule has 21 heavy (non-hydrogen) atoms. The maximum Gasteiger partial charge on any atom is 0.0724 e. The van der Waals surface area contributed by atoms with Crippen molar-refractivity contribution < 1.29 is 0 Å². The standard InChI is InChI=1S/C17H22N4/c1-13-9-20-16(12-19-13)11-18-10-14-5-6-17-15(8-14)4-3-7-21(17)2/h5-6,8-9,12,18H,3-4,7,10-11H2,1-2H3. The quantitative estimate of drug-likeness (QED) is 0.935. The van der Waals surface area contributed by atoms with Gasteiger partial charge in [0.1, 0.15) is 0 Å². The van der Waals surface area contributed by atoms with Crippen LogP contribution in [0.5, 0.6) is 0 Å². The van der Waals surface area contributed by atoms with Crippen molar-refractivity contribution in [2.24, 2.45) is 0 Å². The normalized spacial score (nSPS) is 14.1. The molecule has 0 saturated carbocycles. The molecule has 2 heterocycles. The first kappa shape index (κ1) is 14.0. The average Bonchev–Trinajstić information content (AvgIpc) is 2.49. The number of nitrogens with one attached hydrogen (secondary N) is 1. The molecule has 0 spiro atoms. The summed E-state index contributed by atoms with van der Waals surface area (Å²) in [7, 11) is 2.17. The molecule has 0 atom stereocenters. The zero-order valence-corrected chi connectivity index (χ0v) is 12.8. The van der Waals surface area contributed by atoms with E-state index in [1.165, 1.54) is 29.7 Å². The molecule has 4 nitrogen and oxygen atoms in total. The first-order valence-electron chi connectivity index (χ1n) is 7.53. The third-order valence-corrected chi connectivity index (χ3v) is 3.96. The van der Waals surface area contributed by atoms with Gasteiger partial charge in [0.15, 0.2) is 0 Å². The van der Waals surface area contributed by atoms with E-state index >= 15 is 0 Å². The number of fused-ring (bicyclic) bond motifs is 1. The van der Waals surface area contributed by atoms with Gasteiger partial charge in [-0.15, -0.1) is 0 Å². The molecule has 0 amide bonds. The van der Waals surface area contributed by atoms with Gasteiger partial charge in [-0.05, 0) is 37.0 Å². The fraction of sp³-hybridized carbons (Fsp3) is 0.412. The van der Waals surface area contributed by atoms with Crippen LogP contribution in [0.2, 0.25) is 0 Å². The third-order valence-electron chi connectivity index (χ3n) is 3.96. The van der Waals surface area contributed by atoms with Crippen molar-refractivity contribution in [1.29, 1.82) is 0 Å². The van der Waals surface area contributed by atoms with Crippen LogP contribution in [0.1, 0.15) is 28.9 Å². The second-order valence-corrected chi connectivity index (χ2v) is 5.74. The zero-order chi connectivity index (χ0) is 14.7. The second kappa shape index (κ2) is 6.22. The molecule has 0 fully saturated rings. The van der Waals surface area contributed by atoms with Gasteiger partial charge in [-0.3, -0.25) is 9.97 Å². The lowest BCUT2D eigenvalue weighted by Crippen LogP contribution is -2.24. The highest BCUT2D eigenvalue weighted by Crippen LogP contribution is 2.26. The number of benzene rings is 1. The lowest BCUT2D eigenvalue weighted by Gasteiger charge is -2.27. The van der Waals surface area contributed by atoms with E-state index in [9.17, 15) is 0 Å². The molecule has 0 radical (unpaired) electrons. The Balaban J connectivity index is 1.59. The molecule has 110 valence electrons. The SMILES string of the molecule is Cc1cnc(CNCc2ccc3c(c2)CCCN3C)cn1. The van der Waals surface area contributed by atoms with E-state index in [2.05, 4.69) is 45.4 Å². The summed E-state index contributed by atoms with van der Waals surface area (Å²) in [5.41, 5.74) is 6.13. The van der Waals surface area contributed by atoms with E-state index in [4.69, 9.17) is 0 Å². The number of hydrogen-bond donors (Lipinski definition) is 1. The highest BCUT2D eigenvalue weighted by molar-refractivity contribution is 5.56. The van der Waals surface area contributed by atoms with Crippen LogP contribution >= 0.6 is 0 Å². The average molecular weight is 282 g/mol. The number of aryl methyl sites for hydroxylation is 2. The summed E-state index contributed by atoms with van der Waals surface area (Å²) >= 11 is 0. The Morgan fingerprint density at radius 2 is 2.10 bits per heavy atom. The summed E-state index contributed by atoms with van der Waals surface area (Å²) in [6.07, 6.45) is 6.09. The first-order chi connectivity index (χ1) is 10.2. The molecular weight excluding hydrogens is 260 g/mol. The molecule has 1 N–H and O–H groups in total. The van der Waals surface area contributed by atoms with E-state index < -0.39 is 0 Å². The van der Waals surface area contributed by atoms with Crippen molar-refractivity contribution in [3.05, 3.63) is 53.1 Å². The Kier molecular flexibility index (Phi) is 4.15. The van der Waals surface area contributed by atoms with E-state index in [0.717, 1.165) is 31.0 Å². The molecule has 1 aromatic heterocycles. The Morgan fingerprint density at radius 3 is 2.90 bits per heavy atom. The van der Waals surface area contributed by atoms with Gasteiger partial charge in [-0.1, -0.05) is 12.1 Å². The van der Waals surface area contributed by atoms with Crippen LogP contribution in [0.3, 0.4) is 0 Å². The Labute approximate surface area is 126 Å². The largest absolute Gasteiger partial charge is 0.374 e. The molecule has 1 aliphatic heterocycles. The molecule has 1 aliphatic rings. The molecular formula is C17H22N4. The summed E-state index contributed by atoms with van der Waals surface area (Å²) in [4.78, 5) is 11.0. The third kappa shape index (κ3) is 3.39. The van der Waals surface area contributed by atoms with Crippen molar-refractivity contribution in [2.45, 2.75) is 32.9 Å². The fourth-order valence-corrected chi connectivity index (χ4v) is 2.79. The second-order valence-electron chi connectivity index (χ2n) is 5.74. The van der Waals surface area contributed by atoms with E-state index in [1.807, 2.05) is 19.3 Å². The van der Waals surface area contributed by atoms with Crippen LogP contribution < -0.4 is 10.2 Å². The smallest absolute Gasteiger partial charge is 0.0724 e. The van der Waals surface area contributed by atoms with Crippen LogP contribution in [0.15, 0.2) is 30.6 Å². The van der Waals surface area contributed by atoms with Gasteiger partial charge in [0.05, 0.1) is 11.4 Å². The van der Waals surface area contributed by atoms with Crippen LogP contribution in [0.4, 0.5) is 5.69 Å². The molecule has 0 aliphatic carbocycles. The lowest BCUT2D eigenvalue weighted by atomic mass is 9.99. The van der Waals surface area contributed by atoms with Gasteiger partial charge in [0.2, 0.25) is 0 Å². The molecule has 3 rings (SSSR count). The van der Waals surface area contributed by atoms with Crippen molar-refractivity contribution in [3.63, 3.8) is 0 Å². The molecule has 0 saturated heterocycles. The van der Waals surface area contributed by atoms with E-state index in [-0.39, 0.29) is 0 Å². The number of nitrogens with zero attached hydrogens (tertiary/aromatic N) is 3. The fourth-order valence-electron chi connectivity index (χ4n) is 2.79. The van der Waals surface area contributed by atoms with Crippen molar-refractivity contribution >= 4 is 5.69 Å². The topological polar surface area (TPSA) is 41.1 Å².